The van der Waals surface area contributed by atoms with Gasteiger partial charge in [-0.05, 0) is 83.5 Å². The highest BCUT2D eigenvalue weighted by molar-refractivity contribution is 5.44. The van der Waals surface area contributed by atoms with Crippen LogP contribution in [0, 0.1) is 27.7 Å². The Morgan fingerprint density at radius 3 is 1.95 bits per heavy atom. The van der Waals surface area contributed by atoms with E-state index in [1.807, 2.05) is 7.05 Å². The Balaban J connectivity index is 3.06. The smallest absolute Gasteiger partial charge is 0.0278 e. The van der Waals surface area contributed by atoms with Crippen molar-refractivity contribution in [2.45, 2.75) is 53.6 Å². The van der Waals surface area contributed by atoms with Crippen LogP contribution in [-0.2, 0) is 6.54 Å². The summed E-state index contributed by atoms with van der Waals surface area (Å²) in [5, 5.41) is 3.28. The summed E-state index contributed by atoms with van der Waals surface area (Å²) in [6, 6.07) is 2.30. The molecular weight excluding hydrogens is 232 g/mol. The maximum atomic E-state index is 3.28. The Morgan fingerprint density at radius 2 is 1.53 bits per heavy atom. The first-order chi connectivity index (χ1) is 8.70. The molecule has 108 valence electrons. The van der Waals surface area contributed by atoms with Crippen molar-refractivity contribution >= 4 is 0 Å². The summed E-state index contributed by atoms with van der Waals surface area (Å²) in [6.45, 7) is 15.5. The van der Waals surface area contributed by atoms with Gasteiger partial charge >= 0.3 is 0 Å². The second-order valence-electron chi connectivity index (χ2n) is 6.44. The first-order valence-corrected chi connectivity index (χ1v) is 7.13. The van der Waals surface area contributed by atoms with E-state index in [0.717, 1.165) is 13.1 Å². The summed E-state index contributed by atoms with van der Waals surface area (Å²) in [4.78, 5) is 2.44. The molecule has 0 saturated heterocycles. The molecule has 0 atom stereocenters. The molecule has 2 nitrogen and oxygen atoms in total. The van der Waals surface area contributed by atoms with Gasteiger partial charge < -0.3 is 5.32 Å². The van der Waals surface area contributed by atoms with Crippen LogP contribution in [0.3, 0.4) is 0 Å². The molecule has 0 spiro atoms. The summed E-state index contributed by atoms with van der Waals surface area (Å²) < 4.78 is 0. The molecule has 0 unspecified atom stereocenters. The third kappa shape index (κ3) is 3.58. The van der Waals surface area contributed by atoms with E-state index in [0.29, 0.717) is 0 Å². The van der Waals surface area contributed by atoms with Gasteiger partial charge in [-0.1, -0.05) is 6.07 Å². The van der Waals surface area contributed by atoms with Gasteiger partial charge in [0.1, 0.15) is 0 Å². The number of rotatable bonds is 5. The van der Waals surface area contributed by atoms with Gasteiger partial charge in [0.25, 0.3) is 0 Å². The topological polar surface area (TPSA) is 15.3 Å². The Hall–Kier alpha value is -0.860. The molecule has 0 radical (unpaired) electrons. The van der Waals surface area contributed by atoms with E-state index in [4.69, 9.17) is 0 Å². The average molecular weight is 262 g/mol. The third-order valence-electron chi connectivity index (χ3n) is 4.56. The fourth-order valence-electron chi connectivity index (χ4n) is 2.55. The Kier molecular flexibility index (Phi) is 5.17. The molecule has 0 aromatic heterocycles. The number of hydrogen-bond acceptors (Lipinski definition) is 2. The predicted octanol–water partition coefficient (Wildman–Crippen LogP) is 3.35. The molecular formula is C17H30N2. The molecule has 0 fully saturated rings. The van der Waals surface area contributed by atoms with E-state index in [1.54, 1.807) is 0 Å². The number of benzene rings is 1. The van der Waals surface area contributed by atoms with Crippen LogP contribution in [-0.4, -0.2) is 31.1 Å². The highest BCUT2D eigenvalue weighted by atomic mass is 15.2. The first kappa shape index (κ1) is 16.2. The quantitative estimate of drug-likeness (QED) is 0.875. The fourth-order valence-corrected chi connectivity index (χ4v) is 2.55. The van der Waals surface area contributed by atoms with Gasteiger partial charge in [-0.3, -0.25) is 4.90 Å². The van der Waals surface area contributed by atoms with Crippen molar-refractivity contribution in [1.29, 1.82) is 0 Å². The molecule has 0 saturated carbocycles. The van der Waals surface area contributed by atoms with E-state index >= 15 is 0 Å². The molecule has 0 amide bonds. The second kappa shape index (κ2) is 6.06. The molecule has 0 heterocycles. The lowest BCUT2D eigenvalue weighted by Crippen LogP contribution is -2.47. The van der Waals surface area contributed by atoms with Crippen LogP contribution in [0.25, 0.3) is 0 Å². The minimum atomic E-state index is 0.158. The SMILES string of the molecule is CNCC(C)(C)N(C)Cc1c(C)c(C)cc(C)c1C. The zero-order chi connectivity index (χ0) is 14.8. The van der Waals surface area contributed by atoms with Crippen LogP contribution in [0.1, 0.15) is 41.7 Å². The number of likely N-dealkylation sites (N-methyl/N-ethyl adjacent to an activating group) is 2. The van der Waals surface area contributed by atoms with Crippen LogP contribution in [0.4, 0.5) is 0 Å². The van der Waals surface area contributed by atoms with E-state index in [2.05, 4.69) is 64.9 Å². The van der Waals surface area contributed by atoms with Gasteiger partial charge in [0.15, 0.2) is 0 Å². The molecule has 0 bridgehead atoms. The van der Waals surface area contributed by atoms with Crippen molar-refractivity contribution in [2.75, 3.05) is 20.6 Å². The monoisotopic (exact) mass is 262 g/mol. The Morgan fingerprint density at radius 1 is 1.05 bits per heavy atom. The lowest BCUT2D eigenvalue weighted by atomic mass is 9.92. The molecule has 1 rings (SSSR count). The van der Waals surface area contributed by atoms with Crippen LogP contribution < -0.4 is 5.32 Å². The number of aryl methyl sites for hydroxylation is 2. The standard InChI is InChI=1S/C17H30N2/c1-12-9-13(2)15(4)16(14(12)3)10-19(8)17(5,6)11-18-7/h9,18H,10-11H2,1-8H3. The van der Waals surface area contributed by atoms with Gasteiger partial charge in [-0.2, -0.15) is 0 Å². The van der Waals surface area contributed by atoms with Crippen molar-refractivity contribution in [2.24, 2.45) is 0 Å². The third-order valence-corrected chi connectivity index (χ3v) is 4.56. The number of hydrogen-bond donors (Lipinski definition) is 1. The molecule has 0 aliphatic rings. The summed E-state index contributed by atoms with van der Waals surface area (Å²) in [5.74, 6) is 0. The van der Waals surface area contributed by atoms with E-state index in [9.17, 15) is 0 Å². The van der Waals surface area contributed by atoms with Gasteiger partial charge in [0.2, 0.25) is 0 Å². The molecule has 1 aromatic carbocycles. The zero-order valence-corrected chi connectivity index (χ0v) is 13.9. The first-order valence-electron chi connectivity index (χ1n) is 7.13. The molecule has 0 aliphatic carbocycles. The highest BCUT2D eigenvalue weighted by Crippen LogP contribution is 2.25. The average Bonchev–Trinajstić information content (AvgIpc) is 2.31. The van der Waals surface area contributed by atoms with E-state index in [1.165, 1.54) is 27.8 Å². The lowest BCUT2D eigenvalue weighted by molar-refractivity contribution is 0.147. The molecule has 1 N–H and O–H groups in total. The van der Waals surface area contributed by atoms with Crippen LogP contribution >= 0.6 is 0 Å². The summed E-state index contributed by atoms with van der Waals surface area (Å²) in [7, 11) is 4.23. The maximum absolute atomic E-state index is 3.28. The van der Waals surface area contributed by atoms with Crippen molar-refractivity contribution in [3.63, 3.8) is 0 Å². The van der Waals surface area contributed by atoms with Crippen molar-refractivity contribution in [3.8, 4) is 0 Å². The second-order valence-corrected chi connectivity index (χ2v) is 6.44. The van der Waals surface area contributed by atoms with Crippen molar-refractivity contribution < 1.29 is 0 Å². The van der Waals surface area contributed by atoms with Crippen LogP contribution in [0.2, 0.25) is 0 Å². The maximum Gasteiger partial charge on any atom is 0.0278 e. The van der Waals surface area contributed by atoms with Gasteiger partial charge in [0, 0.05) is 18.6 Å². The van der Waals surface area contributed by atoms with E-state index in [-0.39, 0.29) is 5.54 Å². The van der Waals surface area contributed by atoms with Gasteiger partial charge in [0.05, 0.1) is 0 Å². The normalized spacial score (nSPS) is 12.3. The minimum Gasteiger partial charge on any atom is -0.318 e. The largest absolute Gasteiger partial charge is 0.318 e. The molecule has 0 aliphatic heterocycles. The summed E-state index contributed by atoms with van der Waals surface area (Å²) in [6.07, 6.45) is 0. The van der Waals surface area contributed by atoms with Gasteiger partial charge in [-0.15, -0.1) is 0 Å². The number of nitrogens with one attached hydrogen (secondary N) is 1. The number of nitrogens with zero attached hydrogens (tertiary/aromatic N) is 1. The molecule has 2 heteroatoms. The lowest BCUT2D eigenvalue weighted by Gasteiger charge is -2.36. The minimum absolute atomic E-state index is 0.158. The van der Waals surface area contributed by atoms with Crippen LogP contribution in [0.15, 0.2) is 6.07 Å². The van der Waals surface area contributed by atoms with Crippen molar-refractivity contribution in [1.82, 2.24) is 10.2 Å². The predicted molar refractivity (Wildman–Crippen MR) is 84.9 cm³/mol. The molecule has 19 heavy (non-hydrogen) atoms. The summed E-state index contributed by atoms with van der Waals surface area (Å²) >= 11 is 0. The fraction of sp³-hybridized carbons (Fsp3) is 0.647. The van der Waals surface area contributed by atoms with Crippen LogP contribution in [0.5, 0.6) is 0 Å². The van der Waals surface area contributed by atoms with Crippen molar-refractivity contribution in [3.05, 3.63) is 33.9 Å². The highest BCUT2D eigenvalue weighted by Gasteiger charge is 2.23. The molecule has 1 aromatic rings. The zero-order valence-electron chi connectivity index (χ0n) is 13.9. The van der Waals surface area contributed by atoms with E-state index < -0.39 is 0 Å². The Labute approximate surface area is 119 Å². The van der Waals surface area contributed by atoms with Gasteiger partial charge in [-0.25, -0.2) is 0 Å². The summed E-state index contributed by atoms with van der Waals surface area (Å²) in [5.41, 5.74) is 7.33. The Bertz CT molecular complexity index is 421.